The summed E-state index contributed by atoms with van der Waals surface area (Å²) in [6.07, 6.45) is 1.06. The first kappa shape index (κ1) is 18.6. The van der Waals surface area contributed by atoms with Crippen molar-refractivity contribution in [1.29, 1.82) is 0 Å². The normalized spacial score (nSPS) is 10.6. The van der Waals surface area contributed by atoms with Crippen LogP contribution in [0, 0.1) is 13.8 Å². The predicted molar refractivity (Wildman–Crippen MR) is 102 cm³/mol. The number of hydrogen-bond donors (Lipinski definition) is 1. The van der Waals surface area contributed by atoms with Gasteiger partial charge in [-0.05, 0) is 71.7 Å². The number of tetrazole rings is 1. The minimum absolute atomic E-state index is 0.0412. The van der Waals surface area contributed by atoms with Gasteiger partial charge in [0.1, 0.15) is 5.75 Å². The summed E-state index contributed by atoms with van der Waals surface area (Å²) in [5.41, 5.74) is 4.34. The molecule has 0 radical (unpaired) electrons. The highest BCUT2D eigenvalue weighted by Crippen LogP contribution is 2.14. The molecule has 1 amide bonds. The van der Waals surface area contributed by atoms with Crippen LogP contribution in [0.4, 0.5) is 0 Å². The molecule has 1 aromatic heterocycles. The third kappa shape index (κ3) is 4.69. The van der Waals surface area contributed by atoms with Crippen LogP contribution >= 0.6 is 0 Å². The van der Waals surface area contributed by atoms with Crippen LogP contribution in [0.25, 0.3) is 5.69 Å². The van der Waals surface area contributed by atoms with Gasteiger partial charge in [-0.3, -0.25) is 4.79 Å². The van der Waals surface area contributed by atoms with E-state index in [0.717, 1.165) is 22.6 Å². The van der Waals surface area contributed by atoms with Crippen LogP contribution in [-0.2, 0) is 17.8 Å². The second-order valence-corrected chi connectivity index (χ2v) is 6.40. The lowest BCUT2D eigenvalue weighted by molar-refractivity contribution is -0.121. The quantitative estimate of drug-likeness (QED) is 0.696. The van der Waals surface area contributed by atoms with E-state index < -0.39 is 0 Å². The highest BCUT2D eigenvalue weighted by Gasteiger charge is 2.11. The Balaban J connectivity index is 1.56. The van der Waals surface area contributed by atoms with Crippen LogP contribution < -0.4 is 10.1 Å². The molecule has 3 rings (SSSR count). The Morgan fingerprint density at radius 2 is 1.89 bits per heavy atom. The van der Waals surface area contributed by atoms with Crippen LogP contribution in [0.5, 0.6) is 5.75 Å². The average Bonchev–Trinajstić information content (AvgIpc) is 3.16. The number of carbonyl (C=O) groups is 1. The number of nitrogens with zero attached hydrogens (tertiary/aromatic N) is 4. The summed E-state index contributed by atoms with van der Waals surface area (Å²) in [6.45, 7) is 4.38. The summed E-state index contributed by atoms with van der Waals surface area (Å²) in [5.74, 6) is 1.36. The molecule has 0 saturated carbocycles. The molecule has 7 heteroatoms. The zero-order valence-electron chi connectivity index (χ0n) is 15.8. The van der Waals surface area contributed by atoms with E-state index >= 15 is 0 Å². The number of nitrogens with one attached hydrogen (secondary N) is 1. The molecule has 0 aliphatic heterocycles. The molecule has 0 fully saturated rings. The maximum atomic E-state index is 12.2. The maximum Gasteiger partial charge on any atom is 0.220 e. The number of ether oxygens (including phenoxy) is 1. The topological polar surface area (TPSA) is 81.9 Å². The second kappa shape index (κ2) is 8.44. The van der Waals surface area contributed by atoms with Gasteiger partial charge in [-0.2, -0.15) is 4.68 Å². The Morgan fingerprint density at radius 1 is 1.11 bits per heavy atom. The van der Waals surface area contributed by atoms with E-state index in [1.54, 1.807) is 11.8 Å². The smallest absolute Gasteiger partial charge is 0.220 e. The second-order valence-electron chi connectivity index (χ2n) is 6.40. The number of aromatic nitrogens is 4. The molecule has 27 heavy (non-hydrogen) atoms. The molecule has 0 bridgehead atoms. The lowest BCUT2D eigenvalue weighted by Gasteiger charge is -2.08. The number of rotatable bonds is 7. The lowest BCUT2D eigenvalue weighted by atomic mass is 10.1. The largest absolute Gasteiger partial charge is 0.497 e. The Hall–Kier alpha value is -3.22. The first-order chi connectivity index (χ1) is 13.1. The third-order valence-corrected chi connectivity index (χ3v) is 4.51. The summed E-state index contributed by atoms with van der Waals surface area (Å²) in [6, 6.07) is 13.7. The molecular formula is C20H23N5O2. The zero-order valence-corrected chi connectivity index (χ0v) is 15.8. The summed E-state index contributed by atoms with van der Waals surface area (Å²) < 4.78 is 6.78. The third-order valence-electron chi connectivity index (χ3n) is 4.51. The number of amides is 1. The van der Waals surface area contributed by atoms with Gasteiger partial charge >= 0.3 is 0 Å². The molecular weight excluding hydrogens is 342 g/mol. The predicted octanol–water partition coefficient (Wildman–Crippen LogP) is 2.54. The highest BCUT2D eigenvalue weighted by molar-refractivity contribution is 5.76. The number of methoxy groups -OCH3 is 1. The van der Waals surface area contributed by atoms with Gasteiger partial charge in [0.2, 0.25) is 5.91 Å². The van der Waals surface area contributed by atoms with Crippen molar-refractivity contribution >= 4 is 5.91 Å². The van der Waals surface area contributed by atoms with Crippen molar-refractivity contribution in [2.24, 2.45) is 0 Å². The van der Waals surface area contributed by atoms with Gasteiger partial charge in [0.25, 0.3) is 0 Å². The van der Waals surface area contributed by atoms with Crippen molar-refractivity contribution < 1.29 is 9.53 Å². The molecule has 2 aromatic carbocycles. The molecule has 0 aliphatic carbocycles. The van der Waals surface area contributed by atoms with E-state index in [0.29, 0.717) is 18.7 Å². The van der Waals surface area contributed by atoms with Crippen LogP contribution in [-0.4, -0.2) is 33.2 Å². The Morgan fingerprint density at radius 3 is 2.59 bits per heavy atom. The standard InChI is InChI=1S/C20H23N5O2/c1-14-4-8-17(12-15(14)2)25-19(22-23-24-25)13-21-20(26)11-7-16-5-9-18(27-3)10-6-16/h4-6,8-10,12H,7,11,13H2,1-3H3,(H,21,26). The molecule has 0 atom stereocenters. The monoisotopic (exact) mass is 365 g/mol. The van der Waals surface area contributed by atoms with Crippen molar-refractivity contribution in [3.63, 3.8) is 0 Å². The van der Waals surface area contributed by atoms with Gasteiger partial charge in [-0.15, -0.1) is 5.10 Å². The van der Waals surface area contributed by atoms with Gasteiger partial charge < -0.3 is 10.1 Å². The highest BCUT2D eigenvalue weighted by atomic mass is 16.5. The van der Waals surface area contributed by atoms with Crippen LogP contribution in [0.15, 0.2) is 42.5 Å². The van der Waals surface area contributed by atoms with Crippen molar-refractivity contribution in [1.82, 2.24) is 25.5 Å². The fourth-order valence-electron chi connectivity index (χ4n) is 2.69. The molecule has 1 heterocycles. The van der Waals surface area contributed by atoms with Crippen molar-refractivity contribution in [2.45, 2.75) is 33.2 Å². The van der Waals surface area contributed by atoms with Crippen molar-refractivity contribution in [3.8, 4) is 11.4 Å². The molecule has 0 unspecified atom stereocenters. The van der Waals surface area contributed by atoms with E-state index in [2.05, 4.69) is 27.8 Å². The average molecular weight is 365 g/mol. The lowest BCUT2D eigenvalue weighted by Crippen LogP contribution is -2.25. The summed E-state index contributed by atoms with van der Waals surface area (Å²) in [5, 5.41) is 14.7. The van der Waals surface area contributed by atoms with Crippen LogP contribution in [0.2, 0.25) is 0 Å². The summed E-state index contributed by atoms with van der Waals surface area (Å²) >= 11 is 0. The Bertz CT molecular complexity index is 918. The number of aryl methyl sites for hydroxylation is 3. The van der Waals surface area contributed by atoms with E-state index in [-0.39, 0.29) is 12.5 Å². The summed E-state index contributed by atoms with van der Waals surface area (Å²) in [4.78, 5) is 12.2. The van der Waals surface area contributed by atoms with Gasteiger partial charge in [0.15, 0.2) is 5.82 Å². The Labute approximate surface area is 158 Å². The van der Waals surface area contributed by atoms with Crippen LogP contribution in [0.1, 0.15) is 28.9 Å². The number of carbonyl (C=O) groups excluding carboxylic acids is 1. The van der Waals surface area contributed by atoms with E-state index in [1.807, 2.05) is 49.4 Å². The van der Waals surface area contributed by atoms with Crippen molar-refractivity contribution in [3.05, 3.63) is 65.0 Å². The maximum absolute atomic E-state index is 12.2. The summed E-state index contributed by atoms with van der Waals surface area (Å²) in [7, 11) is 1.63. The van der Waals surface area contributed by atoms with Gasteiger partial charge in [0.05, 0.1) is 19.3 Å². The SMILES string of the molecule is COc1ccc(CCC(=O)NCc2nnnn2-c2ccc(C)c(C)c2)cc1. The molecule has 7 nitrogen and oxygen atoms in total. The minimum atomic E-state index is -0.0412. The first-order valence-electron chi connectivity index (χ1n) is 8.81. The van der Waals surface area contributed by atoms with Crippen LogP contribution in [0.3, 0.4) is 0 Å². The number of hydrogen-bond acceptors (Lipinski definition) is 5. The van der Waals surface area contributed by atoms with Gasteiger partial charge in [-0.1, -0.05) is 18.2 Å². The van der Waals surface area contributed by atoms with E-state index in [9.17, 15) is 4.79 Å². The number of benzene rings is 2. The fourth-order valence-corrected chi connectivity index (χ4v) is 2.69. The van der Waals surface area contributed by atoms with Crippen molar-refractivity contribution in [2.75, 3.05) is 7.11 Å². The molecule has 3 aromatic rings. The first-order valence-corrected chi connectivity index (χ1v) is 8.81. The molecule has 140 valence electrons. The molecule has 0 saturated heterocycles. The van der Waals surface area contributed by atoms with E-state index in [4.69, 9.17) is 4.74 Å². The molecule has 0 aliphatic rings. The van der Waals surface area contributed by atoms with Gasteiger partial charge in [-0.25, -0.2) is 0 Å². The Kier molecular flexibility index (Phi) is 5.80. The van der Waals surface area contributed by atoms with E-state index in [1.165, 1.54) is 5.56 Å². The van der Waals surface area contributed by atoms with Gasteiger partial charge in [0, 0.05) is 6.42 Å². The zero-order chi connectivity index (χ0) is 19.2. The fraction of sp³-hybridized carbons (Fsp3) is 0.300. The molecule has 1 N–H and O–H groups in total. The minimum Gasteiger partial charge on any atom is -0.497 e. The molecule has 0 spiro atoms.